The van der Waals surface area contributed by atoms with Gasteiger partial charge in [-0.3, -0.25) is 5.21 Å². The number of hydrazine groups is 1. The summed E-state index contributed by atoms with van der Waals surface area (Å²) in [5, 5.41) is 11.6. The molecule has 7 nitrogen and oxygen atoms in total. The third-order valence-corrected chi connectivity index (χ3v) is 1.31. The lowest BCUT2D eigenvalue weighted by molar-refractivity contribution is -0.117. The highest BCUT2D eigenvalue weighted by atomic mass is 16.7. The van der Waals surface area contributed by atoms with Crippen molar-refractivity contribution in [1.29, 1.82) is 0 Å². The van der Waals surface area contributed by atoms with Crippen LogP contribution in [0.3, 0.4) is 0 Å². The molecule has 0 unspecified atom stereocenters. The fraction of sp³-hybridized carbons (Fsp3) is 0.778. The predicted molar refractivity (Wildman–Crippen MR) is 56.7 cm³/mol. The van der Waals surface area contributed by atoms with Gasteiger partial charge >= 0.3 is 12.1 Å². The molecular formula is C9H19N3O4. The van der Waals surface area contributed by atoms with E-state index in [9.17, 15) is 9.59 Å². The molecule has 0 spiro atoms. The summed E-state index contributed by atoms with van der Waals surface area (Å²) in [5.41, 5.74) is 1.16. The van der Waals surface area contributed by atoms with E-state index >= 15 is 0 Å². The van der Waals surface area contributed by atoms with Crippen molar-refractivity contribution in [2.75, 3.05) is 6.54 Å². The van der Waals surface area contributed by atoms with Gasteiger partial charge in [0.25, 0.3) is 0 Å². The molecular weight excluding hydrogens is 214 g/mol. The molecule has 0 rings (SSSR count). The number of carbonyl (C=O) groups is 2. The van der Waals surface area contributed by atoms with Crippen molar-refractivity contribution in [3.05, 3.63) is 0 Å². The van der Waals surface area contributed by atoms with Crippen molar-refractivity contribution in [3.8, 4) is 0 Å². The standard InChI is InChI=1S/C9H19N3O4/c1-5-6-10-7(13)11-12(15)8(14)16-9(2,3)4/h15H,5-6H2,1-4H3,(H2,10,11,13). The van der Waals surface area contributed by atoms with E-state index in [4.69, 9.17) is 9.94 Å². The van der Waals surface area contributed by atoms with Crippen molar-refractivity contribution in [1.82, 2.24) is 15.9 Å². The summed E-state index contributed by atoms with van der Waals surface area (Å²) in [4.78, 5) is 22.2. The fourth-order valence-corrected chi connectivity index (χ4v) is 0.725. The topological polar surface area (TPSA) is 90.9 Å². The van der Waals surface area contributed by atoms with Gasteiger partial charge < -0.3 is 10.1 Å². The van der Waals surface area contributed by atoms with Crippen LogP contribution in [0.25, 0.3) is 0 Å². The average Bonchev–Trinajstić information content (AvgIpc) is 2.11. The minimum absolute atomic E-state index is 0.0102. The Hall–Kier alpha value is -1.50. The lowest BCUT2D eigenvalue weighted by atomic mass is 10.2. The van der Waals surface area contributed by atoms with Gasteiger partial charge in [0.1, 0.15) is 5.60 Å². The molecule has 0 saturated heterocycles. The highest BCUT2D eigenvalue weighted by Crippen LogP contribution is 2.07. The maximum absolute atomic E-state index is 11.2. The molecule has 0 fully saturated rings. The first-order chi connectivity index (χ1) is 7.26. The van der Waals surface area contributed by atoms with Gasteiger partial charge in [0, 0.05) is 6.54 Å². The Morgan fingerprint density at radius 3 is 2.38 bits per heavy atom. The molecule has 0 atom stereocenters. The van der Waals surface area contributed by atoms with Gasteiger partial charge in [0.05, 0.1) is 0 Å². The van der Waals surface area contributed by atoms with E-state index in [2.05, 4.69) is 5.32 Å². The number of hydroxylamine groups is 1. The first kappa shape index (κ1) is 14.5. The smallest absolute Gasteiger partial charge is 0.441 e. The minimum atomic E-state index is -1.04. The van der Waals surface area contributed by atoms with Crippen molar-refractivity contribution in [3.63, 3.8) is 0 Å². The van der Waals surface area contributed by atoms with Crippen molar-refractivity contribution in [2.24, 2.45) is 0 Å². The molecule has 94 valence electrons. The average molecular weight is 233 g/mol. The zero-order chi connectivity index (χ0) is 12.8. The minimum Gasteiger partial charge on any atom is -0.441 e. The van der Waals surface area contributed by atoms with Gasteiger partial charge in [-0.2, -0.15) is 0 Å². The first-order valence-electron chi connectivity index (χ1n) is 5.02. The monoisotopic (exact) mass is 233 g/mol. The summed E-state index contributed by atoms with van der Waals surface area (Å²) in [5.74, 6) is 0. The number of rotatable bonds is 2. The van der Waals surface area contributed by atoms with Gasteiger partial charge in [-0.15, -0.1) is 0 Å². The van der Waals surface area contributed by atoms with Gasteiger partial charge in [-0.25, -0.2) is 15.0 Å². The third kappa shape index (κ3) is 6.88. The largest absolute Gasteiger partial charge is 0.454 e. The SMILES string of the molecule is CCCNC(=O)NN(O)C(=O)OC(C)(C)C. The van der Waals surface area contributed by atoms with Crippen LogP contribution < -0.4 is 10.7 Å². The zero-order valence-corrected chi connectivity index (χ0v) is 10.0. The number of carbonyl (C=O) groups excluding carboxylic acids is 2. The highest BCUT2D eigenvalue weighted by molar-refractivity contribution is 5.77. The van der Waals surface area contributed by atoms with Crippen LogP contribution >= 0.6 is 0 Å². The van der Waals surface area contributed by atoms with Gasteiger partial charge in [0.2, 0.25) is 0 Å². The van der Waals surface area contributed by atoms with Crippen LogP contribution in [0.15, 0.2) is 0 Å². The molecule has 0 aliphatic carbocycles. The molecule has 0 saturated carbocycles. The van der Waals surface area contributed by atoms with Gasteiger partial charge in [-0.1, -0.05) is 12.1 Å². The van der Waals surface area contributed by atoms with E-state index in [0.717, 1.165) is 6.42 Å². The quantitative estimate of drug-likeness (QED) is 0.494. The highest BCUT2D eigenvalue weighted by Gasteiger charge is 2.22. The summed E-state index contributed by atoms with van der Waals surface area (Å²) in [7, 11) is 0. The van der Waals surface area contributed by atoms with Gasteiger partial charge in [0.15, 0.2) is 0 Å². The molecule has 0 aromatic heterocycles. The Kier molecular flexibility index (Phi) is 5.59. The summed E-state index contributed by atoms with van der Waals surface area (Å²) < 4.78 is 4.80. The Labute approximate surface area is 94.7 Å². The van der Waals surface area contributed by atoms with Crippen LogP contribution in [0.2, 0.25) is 0 Å². The first-order valence-corrected chi connectivity index (χ1v) is 5.02. The lowest BCUT2D eigenvalue weighted by Gasteiger charge is -2.23. The van der Waals surface area contributed by atoms with E-state index in [1.54, 1.807) is 20.8 Å². The fourth-order valence-electron chi connectivity index (χ4n) is 0.725. The second-order valence-electron chi connectivity index (χ2n) is 4.16. The number of hydrogen-bond donors (Lipinski definition) is 3. The Balaban J connectivity index is 4.01. The normalized spacial score (nSPS) is 10.6. The van der Waals surface area contributed by atoms with E-state index in [0.29, 0.717) is 6.54 Å². The molecule has 16 heavy (non-hydrogen) atoms. The summed E-state index contributed by atoms with van der Waals surface area (Å²) in [6, 6.07) is -0.671. The van der Waals surface area contributed by atoms with E-state index < -0.39 is 17.7 Å². The number of ether oxygens (including phenoxy) is 1. The van der Waals surface area contributed by atoms with Crippen molar-refractivity contribution >= 4 is 12.1 Å². The molecule has 7 heteroatoms. The van der Waals surface area contributed by atoms with Crippen LogP contribution in [0.4, 0.5) is 9.59 Å². The molecule has 0 aliphatic heterocycles. The van der Waals surface area contributed by atoms with Crippen LogP contribution in [0.1, 0.15) is 34.1 Å². The van der Waals surface area contributed by atoms with Crippen LogP contribution in [-0.4, -0.2) is 34.6 Å². The Bertz CT molecular complexity index is 250. The van der Waals surface area contributed by atoms with Crippen molar-refractivity contribution < 1.29 is 19.5 Å². The Morgan fingerprint density at radius 2 is 1.94 bits per heavy atom. The maximum Gasteiger partial charge on any atom is 0.454 e. The number of nitrogens with zero attached hydrogens (tertiary/aromatic N) is 1. The molecule has 0 heterocycles. The molecule has 0 aromatic rings. The number of urea groups is 1. The molecule has 0 bridgehead atoms. The molecule has 0 aliphatic rings. The summed E-state index contributed by atoms with van der Waals surface area (Å²) in [6.07, 6.45) is -0.287. The van der Waals surface area contributed by atoms with Crippen LogP contribution in [0.5, 0.6) is 0 Å². The van der Waals surface area contributed by atoms with Crippen LogP contribution in [0, 0.1) is 0 Å². The molecule has 3 amide bonds. The Morgan fingerprint density at radius 1 is 1.38 bits per heavy atom. The molecule has 0 aromatic carbocycles. The summed E-state index contributed by atoms with van der Waals surface area (Å²) in [6.45, 7) is 7.28. The van der Waals surface area contributed by atoms with Gasteiger partial charge in [-0.05, 0) is 27.2 Å². The molecule has 3 N–H and O–H groups in total. The maximum atomic E-state index is 11.2. The summed E-state index contributed by atoms with van der Waals surface area (Å²) >= 11 is 0. The zero-order valence-electron chi connectivity index (χ0n) is 10.0. The number of hydrogen-bond acceptors (Lipinski definition) is 4. The second kappa shape index (κ2) is 6.16. The van der Waals surface area contributed by atoms with E-state index in [1.807, 2.05) is 12.3 Å². The lowest BCUT2D eigenvalue weighted by Crippen LogP contribution is -2.50. The van der Waals surface area contributed by atoms with E-state index in [1.165, 1.54) is 0 Å². The van der Waals surface area contributed by atoms with Crippen molar-refractivity contribution in [2.45, 2.75) is 39.7 Å². The van der Waals surface area contributed by atoms with E-state index in [-0.39, 0.29) is 5.17 Å². The second-order valence-corrected chi connectivity index (χ2v) is 4.16. The molecule has 0 radical (unpaired) electrons. The third-order valence-electron chi connectivity index (χ3n) is 1.31. The predicted octanol–water partition coefficient (Wildman–Crippen LogP) is 1.24. The number of nitrogens with one attached hydrogen (secondary N) is 2. The number of amides is 3. The van der Waals surface area contributed by atoms with Crippen LogP contribution in [-0.2, 0) is 4.74 Å².